The predicted octanol–water partition coefficient (Wildman–Crippen LogP) is -0.716. The van der Waals surface area contributed by atoms with Crippen LogP contribution < -0.4 is 21.7 Å². The predicted molar refractivity (Wildman–Crippen MR) is 119 cm³/mol. The molecule has 0 aromatic rings. The molecule has 3 amide bonds. The summed E-state index contributed by atoms with van der Waals surface area (Å²) in [7, 11) is 0. The van der Waals surface area contributed by atoms with Crippen molar-refractivity contribution in [1.82, 2.24) is 16.0 Å². The third kappa shape index (κ3) is 12.7. The molecule has 34 heavy (non-hydrogen) atoms. The van der Waals surface area contributed by atoms with Crippen molar-refractivity contribution in [2.45, 2.75) is 84.0 Å². The van der Waals surface area contributed by atoms with E-state index in [0.29, 0.717) is 6.42 Å². The van der Waals surface area contributed by atoms with E-state index in [9.17, 15) is 33.9 Å². The fourth-order valence-corrected chi connectivity index (χ4v) is 3.05. The average molecular weight is 489 g/mol. The maximum Gasteiger partial charge on any atom is 0.326 e. The Morgan fingerprint density at radius 3 is 1.59 bits per heavy atom. The Hall–Kier alpha value is -3.22. The summed E-state index contributed by atoms with van der Waals surface area (Å²) in [4.78, 5) is 71.1. The number of carboxylic acid groups (broad SMARTS) is 3. The van der Waals surface area contributed by atoms with Crippen LogP contribution in [0.15, 0.2) is 0 Å². The van der Waals surface area contributed by atoms with Gasteiger partial charge in [-0.1, -0.05) is 27.7 Å². The van der Waals surface area contributed by atoms with Gasteiger partial charge in [-0.2, -0.15) is 0 Å². The Kier molecular flexibility index (Phi) is 13.4. The summed E-state index contributed by atoms with van der Waals surface area (Å²) >= 11 is 0. The van der Waals surface area contributed by atoms with Gasteiger partial charge in [-0.25, -0.2) is 4.79 Å². The van der Waals surface area contributed by atoms with E-state index in [2.05, 4.69) is 16.0 Å². The summed E-state index contributed by atoms with van der Waals surface area (Å²) in [5.74, 6) is -6.69. The zero-order chi connectivity index (χ0) is 26.6. The summed E-state index contributed by atoms with van der Waals surface area (Å²) in [6.45, 7) is 7.34. The summed E-state index contributed by atoms with van der Waals surface area (Å²) < 4.78 is 0. The van der Waals surface area contributed by atoms with Crippen molar-refractivity contribution in [3.05, 3.63) is 0 Å². The SMILES string of the molecule is CC(C)CC(N)C(=O)NC(CC(C)C)C(=O)NC(CC(=O)O)C(=O)NC(CCC(=O)O)C(=O)O. The molecule has 0 saturated carbocycles. The van der Waals surface area contributed by atoms with Crippen molar-refractivity contribution < 1.29 is 44.1 Å². The van der Waals surface area contributed by atoms with Gasteiger partial charge < -0.3 is 37.0 Å². The first-order chi connectivity index (χ1) is 15.6. The largest absolute Gasteiger partial charge is 0.481 e. The Morgan fingerprint density at radius 2 is 1.15 bits per heavy atom. The van der Waals surface area contributed by atoms with E-state index in [1.54, 1.807) is 13.8 Å². The Labute approximate surface area is 197 Å². The molecule has 0 spiro atoms. The van der Waals surface area contributed by atoms with Crippen molar-refractivity contribution in [2.24, 2.45) is 17.6 Å². The van der Waals surface area contributed by atoms with Gasteiger partial charge in [-0.05, 0) is 31.1 Å². The number of hydrogen-bond acceptors (Lipinski definition) is 7. The zero-order valence-corrected chi connectivity index (χ0v) is 19.9. The molecule has 0 rings (SSSR count). The Morgan fingerprint density at radius 1 is 0.676 bits per heavy atom. The molecule has 0 radical (unpaired) electrons. The fourth-order valence-electron chi connectivity index (χ4n) is 3.05. The molecule has 8 N–H and O–H groups in total. The molecular weight excluding hydrogens is 452 g/mol. The van der Waals surface area contributed by atoms with E-state index in [0.717, 1.165) is 0 Å². The number of hydrogen-bond donors (Lipinski definition) is 7. The van der Waals surface area contributed by atoms with Crippen LogP contribution in [0.2, 0.25) is 0 Å². The molecule has 0 heterocycles. The standard InChI is InChI=1S/C21H36N4O9/c1-10(2)7-12(22)18(30)24-14(8-11(3)4)19(31)25-15(9-17(28)29)20(32)23-13(21(33)34)5-6-16(26)27/h10-15H,5-9,22H2,1-4H3,(H,23,32)(H,24,30)(H,25,31)(H,26,27)(H,28,29)(H,33,34). The second kappa shape index (κ2) is 14.8. The van der Waals surface area contributed by atoms with Crippen molar-refractivity contribution >= 4 is 35.6 Å². The van der Waals surface area contributed by atoms with Crippen LogP contribution in [0.25, 0.3) is 0 Å². The highest BCUT2D eigenvalue weighted by atomic mass is 16.4. The fraction of sp³-hybridized carbons (Fsp3) is 0.714. The van der Waals surface area contributed by atoms with Gasteiger partial charge in [-0.3, -0.25) is 24.0 Å². The number of nitrogens with two attached hydrogens (primary N) is 1. The van der Waals surface area contributed by atoms with Gasteiger partial charge in [0, 0.05) is 6.42 Å². The molecular formula is C21H36N4O9. The molecule has 13 nitrogen and oxygen atoms in total. The number of rotatable bonds is 16. The maximum absolute atomic E-state index is 12.9. The van der Waals surface area contributed by atoms with Crippen LogP contribution in [-0.4, -0.2) is 75.1 Å². The van der Waals surface area contributed by atoms with E-state index in [1.807, 2.05) is 13.8 Å². The van der Waals surface area contributed by atoms with Crippen LogP contribution in [0.5, 0.6) is 0 Å². The third-order valence-corrected chi connectivity index (χ3v) is 4.68. The van der Waals surface area contributed by atoms with E-state index >= 15 is 0 Å². The molecule has 0 aromatic carbocycles. The van der Waals surface area contributed by atoms with Gasteiger partial charge in [0.1, 0.15) is 18.1 Å². The highest BCUT2D eigenvalue weighted by Crippen LogP contribution is 2.09. The zero-order valence-electron chi connectivity index (χ0n) is 19.9. The van der Waals surface area contributed by atoms with Gasteiger partial charge in [0.2, 0.25) is 17.7 Å². The van der Waals surface area contributed by atoms with Crippen LogP contribution >= 0.6 is 0 Å². The molecule has 0 aliphatic heterocycles. The summed E-state index contributed by atoms with van der Waals surface area (Å²) in [6.07, 6.45) is -1.31. The van der Waals surface area contributed by atoms with Crippen molar-refractivity contribution in [2.75, 3.05) is 0 Å². The summed E-state index contributed by atoms with van der Waals surface area (Å²) in [6, 6.07) is -5.24. The highest BCUT2D eigenvalue weighted by molar-refractivity contribution is 5.95. The molecule has 4 unspecified atom stereocenters. The minimum Gasteiger partial charge on any atom is -0.481 e. The molecule has 13 heteroatoms. The Bertz CT molecular complexity index is 755. The number of nitrogens with one attached hydrogen (secondary N) is 3. The van der Waals surface area contributed by atoms with Gasteiger partial charge in [0.25, 0.3) is 0 Å². The normalized spacial score (nSPS) is 14.6. The first-order valence-corrected chi connectivity index (χ1v) is 11.0. The number of carboxylic acids is 3. The number of aliphatic carboxylic acids is 3. The van der Waals surface area contributed by atoms with Crippen LogP contribution in [0.4, 0.5) is 0 Å². The molecule has 4 atom stereocenters. The molecule has 194 valence electrons. The highest BCUT2D eigenvalue weighted by Gasteiger charge is 2.32. The second-order valence-electron chi connectivity index (χ2n) is 8.92. The number of carbonyl (C=O) groups excluding carboxylic acids is 3. The number of amides is 3. The first-order valence-electron chi connectivity index (χ1n) is 11.0. The van der Waals surface area contributed by atoms with E-state index in [4.69, 9.17) is 15.9 Å². The van der Waals surface area contributed by atoms with Crippen molar-refractivity contribution in [3.8, 4) is 0 Å². The van der Waals surface area contributed by atoms with Crippen molar-refractivity contribution in [3.63, 3.8) is 0 Å². The molecule has 0 aromatic heterocycles. The molecule has 0 bridgehead atoms. The van der Waals surface area contributed by atoms with E-state index < -0.39 is 79.1 Å². The van der Waals surface area contributed by atoms with Gasteiger partial charge >= 0.3 is 17.9 Å². The molecule has 0 aliphatic rings. The lowest BCUT2D eigenvalue weighted by atomic mass is 10.00. The van der Waals surface area contributed by atoms with Crippen LogP contribution in [-0.2, 0) is 28.8 Å². The van der Waals surface area contributed by atoms with Gasteiger partial charge in [0.15, 0.2) is 0 Å². The smallest absolute Gasteiger partial charge is 0.326 e. The van der Waals surface area contributed by atoms with Crippen LogP contribution in [0, 0.1) is 11.8 Å². The molecule has 0 fully saturated rings. The molecule has 0 aliphatic carbocycles. The number of carbonyl (C=O) groups is 6. The first kappa shape index (κ1) is 30.8. The van der Waals surface area contributed by atoms with Crippen molar-refractivity contribution in [1.29, 1.82) is 0 Å². The van der Waals surface area contributed by atoms with Crippen LogP contribution in [0.1, 0.15) is 59.8 Å². The lowest BCUT2D eigenvalue weighted by Gasteiger charge is -2.25. The average Bonchev–Trinajstić information content (AvgIpc) is 2.68. The lowest BCUT2D eigenvalue weighted by molar-refractivity contribution is -0.144. The van der Waals surface area contributed by atoms with E-state index in [-0.39, 0.29) is 18.3 Å². The van der Waals surface area contributed by atoms with Gasteiger partial charge in [0.05, 0.1) is 12.5 Å². The quantitative estimate of drug-likeness (QED) is 0.144. The Balaban J connectivity index is 5.52. The summed E-state index contributed by atoms with van der Waals surface area (Å²) in [5.41, 5.74) is 5.86. The summed E-state index contributed by atoms with van der Waals surface area (Å²) in [5, 5.41) is 33.9. The third-order valence-electron chi connectivity index (χ3n) is 4.68. The maximum atomic E-state index is 12.9. The van der Waals surface area contributed by atoms with Gasteiger partial charge in [-0.15, -0.1) is 0 Å². The topological polar surface area (TPSA) is 225 Å². The lowest BCUT2D eigenvalue weighted by Crippen LogP contribution is -2.57. The minimum absolute atomic E-state index is 0.0588. The second-order valence-corrected chi connectivity index (χ2v) is 8.92. The minimum atomic E-state index is -1.66. The van der Waals surface area contributed by atoms with E-state index in [1.165, 1.54) is 0 Å². The van der Waals surface area contributed by atoms with Crippen LogP contribution in [0.3, 0.4) is 0 Å². The monoisotopic (exact) mass is 488 g/mol. The molecule has 0 saturated heterocycles.